The molecule has 144 valence electrons. The smallest absolute Gasteiger partial charge is 0.191 e. The summed E-state index contributed by atoms with van der Waals surface area (Å²) in [7, 11) is 0. The lowest BCUT2D eigenvalue weighted by Gasteiger charge is -2.21. The minimum Gasteiger partial charge on any atom is -0.357 e. The molecule has 0 saturated carbocycles. The minimum atomic E-state index is 0.430. The van der Waals surface area contributed by atoms with Crippen LogP contribution < -0.4 is 10.6 Å². The quantitative estimate of drug-likeness (QED) is 0.440. The van der Waals surface area contributed by atoms with Gasteiger partial charge in [-0.2, -0.15) is 0 Å². The number of nitrogens with zero attached hydrogens (tertiary/aromatic N) is 3. The molecule has 0 aliphatic carbocycles. The van der Waals surface area contributed by atoms with Crippen LogP contribution in [0.5, 0.6) is 0 Å². The fourth-order valence-corrected chi connectivity index (χ4v) is 3.47. The van der Waals surface area contributed by atoms with Crippen LogP contribution in [-0.4, -0.2) is 54.6 Å². The average Bonchev–Trinajstić information content (AvgIpc) is 3.07. The second-order valence-corrected chi connectivity index (χ2v) is 7.25. The molecule has 0 aliphatic heterocycles. The zero-order chi connectivity index (χ0) is 18.5. The zero-order valence-electron chi connectivity index (χ0n) is 16.8. The molecule has 0 saturated heterocycles. The standard InChI is InChI=1S/C19H37N5S/c1-6-18-23-17(15-25-18)12-13-21-19(20-7-2)22-16(5)11-10-14-24(8-3)9-4/h15-16H,6-14H2,1-5H3,(H2,20,21,22). The number of hydrogen-bond donors (Lipinski definition) is 2. The van der Waals surface area contributed by atoms with E-state index in [0.717, 1.165) is 57.1 Å². The van der Waals surface area contributed by atoms with E-state index in [2.05, 4.69) is 60.5 Å². The molecule has 0 aromatic carbocycles. The van der Waals surface area contributed by atoms with Gasteiger partial charge in [-0.05, 0) is 52.7 Å². The summed E-state index contributed by atoms with van der Waals surface area (Å²) >= 11 is 1.75. The molecule has 0 aliphatic rings. The molecule has 1 unspecified atom stereocenters. The predicted molar refractivity (Wildman–Crippen MR) is 111 cm³/mol. The molecule has 1 heterocycles. The van der Waals surface area contributed by atoms with Crippen LogP contribution in [0.1, 0.15) is 58.2 Å². The van der Waals surface area contributed by atoms with E-state index in [-0.39, 0.29) is 0 Å². The van der Waals surface area contributed by atoms with Crippen LogP contribution >= 0.6 is 11.3 Å². The van der Waals surface area contributed by atoms with Crippen LogP contribution in [0.15, 0.2) is 10.4 Å². The molecule has 5 nitrogen and oxygen atoms in total. The molecule has 0 bridgehead atoms. The van der Waals surface area contributed by atoms with Gasteiger partial charge in [-0.15, -0.1) is 11.3 Å². The van der Waals surface area contributed by atoms with Crippen LogP contribution in [-0.2, 0) is 12.8 Å². The van der Waals surface area contributed by atoms with Gasteiger partial charge < -0.3 is 15.5 Å². The molecule has 1 aromatic rings. The van der Waals surface area contributed by atoms with Crippen molar-refractivity contribution in [2.24, 2.45) is 4.99 Å². The van der Waals surface area contributed by atoms with E-state index in [1.807, 2.05) is 0 Å². The average molecular weight is 368 g/mol. The summed E-state index contributed by atoms with van der Waals surface area (Å²) in [6.45, 7) is 16.1. The Balaban J connectivity index is 2.38. The van der Waals surface area contributed by atoms with Crippen molar-refractivity contribution in [3.63, 3.8) is 0 Å². The number of guanidine groups is 1. The van der Waals surface area contributed by atoms with Gasteiger partial charge in [0.05, 0.1) is 10.7 Å². The summed E-state index contributed by atoms with van der Waals surface area (Å²) in [6, 6.07) is 0.430. The van der Waals surface area contributed by atoms with Gasteiger partial charge in [0.15, 0.2) is 5.96 Å². The molecular formula is C19H37N5S. The molecule has 0 radical (unpaired) electrons. The third-order valence-corrected chi connectivity index (χ3v) is 5.31. The van der Waals surface area contributed by atoms with Gasteiger partial charge in [0.1, 0.15) is 0 Å². The Morgan fingerprint density at radius 3 is 2.64 bits per heavy atom. The third kappa shape index (κ3) is 9.21. The summed E-state index contributed by atoms with van der Waals surface area (Å²) in [6.07, 6.45) is 4.30. The molecule has 0 fully saturated rings. The van der Waals surface area contributed by atoms with Crippen LogP contribution in [0, 0.1) is 0 Å². The summed E-state index contributed by atoms with van der Waals surface area (Å²) < 4.78 is 0. The lowest BCUT2D eigenvalue weighted by atomic mass is 10.2. The number of rotatable bonds is 12. The molecule has 1 atom stereocenters. The number of nitrogens with one attached hydrogen (secondary N) is 2. The fraction of sp³-hybridized carbons (Fsp3) is 0.789. The topological polar surface area (TPSA) is 52.6 Å². The van der Waals surface area contributed by atoms with Gasteiger partial charge in [0.25, 0.3) is 0 Å². The van der Waals surface area contributed by atoms with Crippen LogP contribution in [0.3, 0.4) is 0 Å². The summed E-state index contributed by atoms with van der Waals surface area (Å²) in [4.78, 5) is 11.8. The van der Waals surface area contributed by atoms with Gasteiger partial charge in [-0.25, -0.2) is 4.98 Å². The molecule has 0 amide bonds. The monoisotopic (exact) mass is 367 g/mol. The summed E-state index contributed by atoms with van der Waals surface area (Å²) in [5, 5.41) is 10.3. The summed E-state index contributed by atoms with van der Waals surface area (Å²) in [5.74, 6) is 0.920. The minimum absolute atomic E-state index is 0.430. The Bertz CT molecular complexity index is 482. The Morgan fingerprint density at radius 1 is 1.28 bits per heavy atom. The molecule has 6 heteroatoms. The van der Waals surface area contributed by atoms with E-state index < -0.39 is 0 Å². The fourth-order valence-electron chi connectivity index (χ4n) is 2.69. The van der Waals surface area contributed by atoms with Crippen molar-refractivity contribution in [3.05, 3.63) is 16.1 Å². The highest BCUT2D eigenvalue weighted by atomic mass is 32.1. The Hall–Kier alpha value is -1.14. The van der Waals surface area contributed by atoms with Crippen molar-refractivity contribution in [2.75, 3.05) is 32.7 Å². The molecular weight excluding hydrogens is 330 g/mol. The number of hydrogen-bond acceptors (Lipinski definition) is 4. The Morgan fingerprint density at radius 2 is 2.04 bits per heavy atom. The predicted octanol–water partition coefficient (Wildman–Crippen LogP) is 3.31. The lowest BCUT2D eigenvalue weighted by molar-refractivity contribution is 0.292. The second-order valence-electron chi connectivity index (χ2n) is 6.31. The molecule has 1 rings (SSSR count). The largest absolute Gasteiger partial charge is 0.357 e. The van der Waals surface area contributed by atoms with Crippen LogP contribution in [0.25, 0.3) is 0 Å². The Kier molecular flexibility index (Phi) is 11.5. The maximum absolute atomic E-state index is 4.71. The van der Waals surface area contributed by atoms with Crippen molar-refractivity contribution >= 4 is 17.3 Å². The SMILES string of the molecule is CCNC(=NCCc1csc(CC)n1)NC(C)CCCN(CC)CC. The van der Waals surface area contributed by atoms with E-state index in [4.69, 9.17) is 4.99 Å². The first kappa shape index (κ1) is 21.9. The third-order valence-electron chi connectivity index (χ3n) is 4.27. The lowest BCUT2D eigenvalue weighted by Crippen LogP contribution is -2.42. The molecule has 1 aromatic heterocycles. The maximum atomic E-state index is 4.71. The highest BCUT2D eigenvalue weighted by Gasteiger charge is 2.07. The van der Waals surface area contributed by atoms with Crippen LogP contribution in [0.2, 0.25) is 0 Å². The Labute approximate surface area is 158 Å². The van der Waals surface area contributed by atoms with E-state index in [1.54, 1.807) is 11.3 Å². The van der Waals surface area contributed by atoms with Crippen molar-refractivity contribution in [2.45, 2.75) is 66.3 Å². The normalized spacial score (nSPS) is 13.3. The van der Waals surface area contributed by atoms with E-state index in [1.165, 1.54) is 18.0 Å². The summed E-state index contributed by atoms with van der Waals surface area (Å²) in [5.41, 5.74) is 1.16. The number of aryl methyl sites for hydroxylation is 1. The second kappa shape index (κ2) is 13.1. The number of aliphatic imine (C=N–C) groups is 1. The van der Waals surface area contributed by atoms with Gasteiger partial charge in [0.2, 0.25) is 0 Å². The number of thiazole rings is 1. The maximum Gasteiger partial charge on any atom is 0.191 e. The highest BCUT2D eigenvalue weighted by molar-refractivity contribution is 7.09. The van der Waals surface area contributed by atoms with Crippen molar-refractivity contribution in [1.82, 2.24) is 20.5 Å². The van der Waals surface area contributed by atoms with Crippen molar-refractivity contribution in [3.8, 4) is 0 Å². The first-order chi connectivity index (χ1) is 12.1. The van der Waals surface area contributed by atoms with Gasteiger partial charge in [0, 0.05) is 30.9 Å². The van der Waals surface area contributed by atoms with Gasteiger partial charge in [-0.1, -0.05) is 20.8 Å². The van der Waals surface area contributed by atoms with E-state index in [9.17, 15) is 0 Å². The first-order valence-corrected chi connectivity index (χ1v) is 10.7. The van der Waals surface area contributed by atoms with Crippen molar-refractivity contribution < 1.29 is 0 Å². The molecule has 2 N–H and O–H groups in total. The number of aromatic nitrogens is 1. The zero-order valence-corrected chi connectivity index (χ0v) is 17.6. The van der Waals surface area contributed by atoms with E-state index >= 15 is 0 Å². The first-order valence-electron chi connectivity index (χ1n) is 9.83. The molecule has 0 spiro atoms. The van der Waals surface area contributed by atoms with Crippen molar-refractivity contribution in [1.29, 1.82) is 0 Å². The highest BCUT2D eigenvalue weighted by Crippen LogP contribution is 2.10. The van der Waals surface area contributed by atoms with Gasteiger partial charge >= 0.3 is 0 Å². The van der Waals surface area contributed by atoms with Crippen LogP contribution in [0.4, 0.5) is 0 Å². The van der Waals surface area contributed by atoms with Gasteiger partial charge in [-0.3, -0.25) is 4.99 Å². The van der Waals surface area contributed by atoms with E-state index in [0.29, 0.717) is 6.04 Å². The molecule has 25 heavy (non-hydrogen) atoms.